The average molecular weight is 295 g/mol. The van der Waals surface area contributed by atoms with Crippen LogP contribution < -0.4 is 10.5 Å². The number of carbonyl (C=O) groups excluding carboxylic acids is 1. The van der Waals surface area contributed by atoms with Gasteiger partial charge in [-0.15, -0.1) is 0 Å². The lowest BCUT2D eigenvalue weighted by Gasteiger charge is -2.12. The number of hydrogen-bond acceptors (Lipinski definition) is 5. The Labute approximate surface area is 124 Å². The maximum absolute atomic E-state index is 11.4. The van der Waals surface area contributed by atoms with Gasteiger partial charge in [-0.05, 0) is 30.7 Å². The molecule has 2 rings (SSSR count). The summed E-state index contributed by atoms with van der Waals surface area (Å²) in [5.41, 5.74) is 7.03. The highest BCUT2D eigenvalue weighted by atomic mass is 32.2. The number of rotatable bonds is 7. The summed E-state index contributed by atoms with van der Waals surface area (Å²) in [6.07, 6.45) is 1.84. The van der Waals surface area contributed by atoms with E-state index in [1.165, 1.54) is 5.56 Å². The molecule has 20 heavy (non-hydrogen) atoms. The molecule has 0 amide bonds. The van der Waals surface area contributed by atoms with Crippen LogP contribution in [0.25, 0.3) is 0 Å². The Morgan fingerprint density at radius 2 is 2.35 bits per heavy atom. The zero-order valence-electron chi connectivity index (χ0n) is 11.7. The Bertz CT molecular complexity index is 427. The van der Waals surface area contributed by atoms with E-state index in [-0.39, 0.29) is 12.1 Å². The van der Waals surface area contributed by atoms with Gasteiger partial charge in [0.25, 0.3) is 0 Å². The zero-order chi connectivity index (χ0) is 14.4. The topological polar surface area (TPSA) is 61.5 Å². The third-order valence-corrected chi connectivity index (χ3v) is 4.31. The zero-order valence-corrected chi connectivity index (χ0v) is 12.5. The Morgan fingerprint density at radius 1 is 1.55 bits per heavy atom. The summed E-state index contributed by atoms with van der Waals surface area (Å²) in [5.74, 6) is 2.46. The summed E-state index contributed by atoms with van der Waals surface area (Å²) in [7, 11) is 0. The molecule has 0 aliphatic carbocycles. The van der Waals surface area contributed by atoms with Crippen molar-refractivity contribution in [1.82, 2.24) is 0 Å². The molecule has 0 fully saturated rings. The van der Waals surface area contributed by atoms with Gasteiger partial charge in [0, 0.05) is 12.2 Å². The molecule has 5 heteroatoms. The van der Waals surface area contributed by atoms with Crippen molar-refractivity contribution in [3.05, 3.63) is 29.8 Å². The van der Waals surface area contributed by atoms with Gasteiger partial charge >= 0.3 is 5.97 Å². The standard InChI is InChI=1S/C15H21NO3S/c1-2-18-15(17)13(16)7-8-20-10-12-9-11-5-3-4-6-14(11)19-12/h3-6,12-13H,2,7-10,16H2,1H3. The molecule has 2 unspecified atom stereocenters. The highest BCUT2D eigenvalue weighted by molar-refractivity contribution is 7.99. The van der Waals surface area contributed by atoms with Crippen molar-refractivity contribution >= 4 is 17.7 Å². The number of para-hydroxylation sites is 1. The quantitative estimate of drug-likeness (QED) is 0.616. The van der Waals surface area contributed by atoms with E-state index in [9.17, 15) is 4.79 Å². The van der Waals surface area contributed by atoms with Crippen molar-refractivity contribution in [2.75, 3.05) is 18.1 Å². The van der Waals surface area contributed by atoms with Gasteiger partial charge in [-0.3, -0.25) is 4.79 Å². The number of nitrogens with two attached hydrogens (primary N) is 1. The summed E-state index contributed by atoms with van der Waals surface area (Å²) < 4.78 is 10.7. The third-order valence-electron chi connectivity index (χ3n) is 3.18. The fraction of sp³-hybridized carbons (Fsp3) is 0.533. The number of hydrogen-bond donors (Lipinski definition) is 1. The van der Waals surface area contributed by atoms with E-state index >= 15 is 0 Å². The molecule has 2 atom stereocenters. The lowest BCUT2D eigenvalue weighted by molar-refractivity contribution is -0.144. The Kier molecular flexibility index (Phi) is 5.73. The minimum Gasteiger partial charge on any atom is -0.489 e. The minimum absolute atomic E-state index is 0.233. The third kappa shape index (κ3) is 4.15. The van der Waals surface area contributed by atoms with E-state index < -0.39 is 6.04 Å². The second kappa shape index (κ2) is 7.55. The van der Waals surface area contributed by atoms with Gasteiger partial charge < -0.3 is 15.2 Å². The van der Waals surface area contributed by atoms with Crippen molar-refractivity contribution in [2.45, 2.75) is 31.9 Å². The number of carbonyl (C=O) groups is 1. The molecular weight excluding hydrogens is 274 g/mol. The molecule has 0 saturated heterocycles. The van der Waals surface area contributed by atoms with Crippen LogP contribution in [-0.4, -0.2) is 36.2 Å². The summed E-state index contributed by atoms with van der Waals surface area (Å²) in [5, 5.41) is 0. The largest absolute Gasteiger partial charge is 0.489 e. The number of benzene rings is 1. The van der Waals surface area contributed by atoms with Crippen LogP contribution in [0.2, 0.25) is 0 Å². The number of ether oxygens (including phenoxy) is 2. The van der Waals surface area contributed by atoms with Gasteiger partial charge in [-0.25, -0.2) is 0 Å². The van der Waals surface area contributed by atoms with Crippen LogP contribution in [0.15, 0.2) is 24.3 Å². The van der Waals surface area contributed by atoms with Crippen LogP contribution in [0.5, 0.6) is 5.75 Å². The summed E-state index contributed by atoms with van der Waals surface area (Å²) in [6.45, 7) is 2.17. The first-order chi connectivity index (χ1) is 9.70. The Morgan fingerprint density at radius 3 is 3.10 bits per heavy atom. The van der Waals surface area contributed by atoms with E-state index in [0.717, 1.165) is 23.7 Å². The summed E-state index contributed by atoms with van der Waals surface area (Å²) in [6, 6.07) is 7.64. The first-order valence-electron chi connectivity index (χ1n) is 6.95. The van der Waals surface area contributed by atoms with E-state index in [2.05, 4.69) is 6.07 Å². The molecule has 1 aliphatic heterocycles. The first kappa shape index (κ1) is 15.2. The normalized spacial score (nSPS) is 18.2. The van der Waals surface area contributed by atoms with Crippen LogP contribution in [0.3, 0.4) is 0 Å². The van der Waals surface area contributed by atoms with Gasteiger partial charge in [0.2, 0.25) is 0 Å². The van der Waals surface area contributed by atoms with Crippen LogP contribution in [0.1, 0.15) is 18.9 Å². The molecule has 0 saturated carbocycles. The summed E-state index contributed by atoms with van der Waals surface area (Å²) in [4.78, 5) is 11.4. The van der Waals surface area contributed by atoms with E-state index in [1.54, 1.807) is 18.7 Å². The second-order valence-electron chi connectivity index (χ2n) is 4.77. The van der Waals surface area contributed by atoms with Crippen molar-refractivity contribution in [3.8, 4) is 5.75 Å². The average Bonchev–Trinajstić information content (AvgIpc) is 2.86. The highest BCUT2D eigenvalue weighted by Crippen LogP contribution is 2.29. The minimum atomic E-state index is -0.510. The molecule has 1 aliphatic rings. The van der Waals surface area contributed by atoms with Gasteiger partial charge in [0.05, 0.1) is 6.61 Å². The highest BCUT2D eigenvalue weighted by Gasteiger charge is 2.22. The maximum atomic E-state index is 11.4. The van der Waals surface area contributed by atoms with Crippen LogP contribution in [0.4, 0.5) is 0 Å². The Balaban J connectivity index is 1.62. The van der Waals surface area contributed by atoms with Gasteiger partial charge in [-0.1, -0.05) is 18.2 Å². The molecular formula is C15H21NO3S. The lowest BCUT2D eigenvalue weighted by atomic mass is 10.1. The molecule has 1 aromatic rings. The predicted octanol–water partition coefficient (Wildman–Crippen LogP) is 2.00. The molecule has 0 radical (unpaired) electrons. The van der Waals surface area contributed by atoms with Crippen molar-refractivity contribution in [3.63, 3.8) is 0 Å². The molecule has 0 bridgehead atoms. The number of fused-ring (bicyclic) bond motifs is 1. The second-order valence-corrected chi connectivity index (χ2v) is 5.92. The summed E-state index contributed by atoms with van der Waals surface area (Å²) >= 11 is 1.77. The van der Waals surface area contributed by atoms with Crippen molar-refractivity contribution in [1.29, 1.82) is 0 Å². The lowest BCUT2D eigenvalue weighted by Crippen LogP contribution is -2.33. The van der Waals surface area contributed by atoms with E-state index in [4.69, 9.17) is 15.2 Å². The molecule has 4 nitrogen and oxygen atoms in total. The monoisotopic (exact) mass is 295 g/mol. The Hall–Kier alpha value is -1.20. The number of esters is 1. The van der Waals surface area contributed by atoms with Gasteiger partial charge in [0.15, 0.2) is 0 Å². The number of thioether (sulfide) groups is 1. The van der Waals surface area contributed by atoms with Crippen LogP contribution in [0, 0.1) is 0 Å². The van der Waals surface area contributed by atoms with Crippen LogP contribution >= 0.6 is 11.8 Å². The smallest absolute Gasteiger partial charge is 0.322 e. The molecule has 0 aromatic heterocycles. The molecule has 2 N–H and O–H groups in total. The maximum Gasteiger partial charge on any atom is 0.322 e. The van der Waals surface area contributed by atoms with Crippen LogP contribution in [-0.2, 0) is 16.0 Å². The molecule has 110 valence electrons. The molecule has 1 aromatic carbocycles. The van der Waals surface area contributed by atoms with Gasteiger partial charge in [0.1, 0.15) is 17.9 Å². The van der Waals surface area contributed by atoms with Crippen molar-refractivity contribution in [2.24, 2.45) is 5.73 Å². The van der Waals surface area contributed by atoms with E-state index in [1.807, 2.05) is 18.2 Å². The molecule has 0 spiro atoms. The first-order valence-corrected chi connectivity index (χ1v) is 8.10. The van der Waals surface area contributed by atoms with Crippen molar-refractivity contribution < 1.29 is 14.3 Å². The SMILES string of the molecule is CCOC(=O)C(N)CCSCC1Cc2ccccc2O1. The van der Waals surface area contributed by atoms with E-state index in [0.29, 0.717) is 13.0 Å². The van der Waals surface area contributed by atoms with Gasteiger partial charge in [-0.2, -0.15) is 11.8 Å². The molecule has 1 heterocycles. The fourth-order valence-corrected chi connectivity index (χ4v) is 3.18. The fourth-order valence-electron chi connectivity index (χ4n) is 2.14. The predicted molar refractivity (Wildman–Crippen MR) is 81.1 cm³/mol.